The molecule has 0 bridgehead atoms. The number of thioether (sulfide) groups is 1. The Morgan fingerprint density at radius 1 is 1.40 bits per heavy atom. The van der Waals surface area contributed by atoms with Crippen LogP contribution in [0, 0.1) is 5.92 Å². The quantitative estimate of drug-likeness (QED) is 0.733. The molecule has 3 rings (SSSR count). The summed E-state index contributed by atoms with van der Waals surface area (Å²) in [5.41, 5.74) is 7.37. The smallest absolute Gasteiger partial charge is 0.230 e. The van der Waals surface area contributed by atoms with Crippen LogP contribution in [0.1, 0.15) is 25.5 Å². The number of oxazole rings is 1. The van der Waals surface area contributed by atoms with E-state index in [1.165, 1.54) is 11.8 Å². The molecule has 1 fully saturated rings. The fourth-order valence-corrected chi connectivity index (χ4v) is 3.43. The Balaban J connectivity index is 0.00000225. The normalized spacial score (nSPS) is 15.9. The highest BCUT2D eigenvalue weighted by Crippen LogP contribution is 2.39. The van der Waals surface area contributed by atoms with Crippen LogP contribution in [0.3, 0.4) is 0 Å². The molecule has 1 aromatic carbocycles. The minimum Gasteiger partial charge on any atom is -0.444 e. The molecular formula is C18H24ClN3O2S. The highest BCUT2D eigenvalue weighted by atomic mass is 35.5. The van der Waals surface area contributed by atoms with Crippen molar-refractivity contribution in [2.75, 3.05) is 12.3 Å². The first-order valence-electron chi connectivity index (χ1n) is 8.19. The molecule has 1 saturated carbocycles. The predicted molar refractivity (Wildman–Crippen MR) is 104 cm³/mol. The van der Waals surface area contributed by atoms with E-state index in [1.807, 2.05) is 37.3 Å². The Kier molecular flexibility index (Phi) is 6.93. The van der Waals surface area contributed by atoms with Crippen molar-refractivity contribution < 1.29 is 9.21 Å². The maximum Gasteiger partial charge on any atom is 0.230 e. The van der Waals surface area contributed by atoms with Gasteiger partial charge in [-0.1, -0.05) is 18.2 Å². The van der Waals surface area contributed by atoms with E-state index in [9.17, 15) is 4.79 Å². The molecule has 5 nitrogen and oxygen atoms in total. The van der Waals surface area contributed by atoms with E-state index in [1.54, 1.807) is 6.26 Å². The highest BCUT2D eigenvalue weighted by molar-refractivity contribution is 7.99. The third-order valence-electron chi connectivity index (χ3n) is 4.38. The summed E-state index contributed by atoms with van der Waals surface area (Å²) in [5, 5.41) is 3.09. The number of rotatable bonds is 8. The molecule has 3 N–H and O–H groups in total. The average molecular weight is 382 g/mol. The molecule has 0 aliphatic heterocycles. The van der Waals surface area contributed by atoms with Gasteiger partial charge < -0.3 is 15.5 Å². The summed E-state index contributed by atoms with van der Waals surface area (Å²) in [5.74, 6) is 2.22. The Morgan fingerprint density at radius 3 is 2.76 bits per heavy atom. The molecular weight excluding hydrogens is 358 g/mol. The summed E-state index contributed by atoms with van der Waals surface area (Å²) in [6.07, 6.45) is 3.96. The first-order chi connectivity index (χ1) is 11.6. The molecule has 1 atom stereocenters. The molecule has 2 aromatic rings. The molecule has 1 aromatic heterocycles. The van der Waals surface area contributed by atoms with Gasteiger partial charge in [0.15, 0.2) is 0 Å². The number of nitrogens with one attached hydrogen (secondary N) is 1. The molecule has 0 spiro atoms. The average Bonchev–Trinajstić information content (AvgIpc) is 3.36. The summed E-state index contributed by atoms with van der Waals surface area (Å²) in [6, 6.07) is 9.78. The van der Waals surface area contributed by atoms with Crippen molar-refractivity contribution >= 4 is 30.1 Å². The number of benzene rings is 1. The number of aromatic nitrogens is 1. The lowest BCUT2D eigenvalue weighted by atomic mass is 9.96. The van der Waals surface area contributed by atoms with Gasteiger partial charge in [0.2, 0.25) is 11.8 Å². The molecule has 25 heavy (non-hydrogen) atoms. The van der Waals surface area contributed by atoms with Crippen LogP contribution >= 0.6 is 24.2 Å². The zero-order valence-corrected chi connectivity index (χ0v) is 15.9. The molecule has 0 radical (unpaired) electrons. The van der Waals surface area contributed by atoms with Gasteiger partial charge in [-0.25, -0.2) is 4.98 Å². The van der Waals surface area contributed by atoms with E-state index in [-0.39, 0.29) is 23.9 Å². The number of amides is 1. The molecule has 1 aliphatic carbocycles. The van der Waals surface area contributed by atoms with Gasteiger partial charge in [-0.15, -0.1) is 24.2 Å². The van der Waals surface area contributed by atoms with Crippen molar-refractivity contribution in [3.8, 4) is 11.5 Å². The molecule has 0 saturated heterocycles. The van der Waals surface area contributed by atoms with E-state index in [2.05, 4.69) is 10.3 Å². The van der Waals surface area contributed by atoms with E-state index in [0.29, 0.717) is 29.9 Å². The first kappa shape index (κ1) is 19.8. The van der Waals surface area contributed by atoms with Crippen molar-refractivity contribution in [3.05, 3.63) is 42.3 Å². The zero-order valence-electron chi connectivity index (χ0n) is 14.2. The molecule has 1 amide bonds. The summed E-state index contributed by atoms with van der Waals surface area (Å²) >= 11 is 1.53. The van der Waals surface area contributed by atoms with E-state index >= 15 is 0 Å². The van der Waals surface area contributed by atoms with Crippen LogP contribution in [-0.2, 0) is 10.5 Å². The van der Waals surface area contributed by atoms with Gasteiger partial charge in [-0.2, -0.15) is 0 Å². The molecule has 1 aliphatic rings. The lowest BCUT2D eigenvalue weighted by Gasteiger charge is -2.29. The number of carbonyl (C=O) groups excluding carboxylic acids is 1. The SMILES string of the molecule is CC(CN)(NC(=O)CSCc1coc(-c2ccccc2)n1)C1CC1.Cl. The third-order valence-corrected chi connectivity index (χ3v) is 5.35. The van der Waals surface area contributed by atoms with Gasteiger partial charge in [0, 0.05) is 17.9 Å². The van der Waals surface area contributed by atoms with Gasteiger partial charge in [0.25, 0.3) is 0 Å². The van der Waals surface area contributed by atoms with Gasteiger partial charge in [0.05, 0.1) is 17.0 Å². The molecule has 1 unspecified atom stereocenters. The lowest BCUT2D eigenvalue weighted by Crippen LogP contribution is -2.53. The number of nitrogens with zero attached hydrogens (tertiary/aromatic N) is 1. The van der Waals surface area contributed by atoms with Crippen molar-refractivity contribution in [2.24, 2.45) is 11.7 Å². The number of halogens is 1. The number of hydrogen-bond acceptors (Lipinski definition) is 5. The minimum absolute atomic E-state index is 0. The molecule has 7 heteroatoms. The van der Waals surface area contributed by atoms with Gasteiger partial charge >= 0.3 is 0 Å². The zero-order chi connectivity index (χ0) is 17.0. The van der Waals surface area contributed by atoms with E-state index < -0.39 is 0 Å². The fourth-order valence-electron chi connectivity index (χ4n) is 2.73. The minimum atomic E-state index is -0.258. The second-order valence-electron chi connectivity index (χ2n) is 6.45. The van der Waals surface area contributed by atoms with Crippen molar-refractivity contribution in [1.29, 1.82) is 0 Å². The van der Waals surface area contributed by atoms with E-state index in [0.717, 1.165) is 24.1 Å². The summed E-state index contributed by atoms with van der Waals surface area (Å²) in [7, 11) is 0. The van der Waals surface area contributed by atoms with Crippen molar-refractivity contribution in [2.45, 2.75) is 31.1 Å². The predicted octanol–water partition coefficient (Wildman–Crippen LogP) is 3.24. The van der Waals surface area contributed by atoms with Crippen LogP contribution in [0.2, 0.25) is 0 Å². The van der Waals surface area contributed by atoms with E-state index in [4.69, 9.17) is 10.2 Å². The standard InChI is InChI=1S/C18H23N3O2S.ClH/c1-18(12-19,14-7-8-14)21-16(22)11-24-10-15-9-23-17(20-15)13-5-3-2-4-6-13;/h2-6,9,14H,7-8,10-12,19H2,1H3,(H,21,22);1H. The largest absolute Gasteiger partial charge is 0.444 e. The Bertz CT molecular complexity index is 691. The molecule has 1 heterocycles. The van der Waals surface area contributed by atoms with Crippen molar-refractivity contribution in [3.63, 3.8) is 0 Å². The monoisotopic (exact) mass is 381 g/mol. The van der Waals surface area contributed by atoms with Gasteiger partial charge in [0.1, 0.15) is 6.26 Å². The summed E-state index contributed by atoms with van der Waals surface area (Å²) < 4.78 is 5.50. The topological polar surface area (TPSA) is 81.1 Å². The van der Waals surface area contributed by atoms with Crippen LogP contribution in [-0.4, -0.2) is 28.7 Å². The van der Waals surface area contributed by atoms with Crippen LogP contribution in [0.15, 0.2) is 41.0 Å². The maximum absolute atomic E-state index is 12.1. The number of hydrogen-bond donors (Lipinski definition) is 2. The third kappa shape index (κ3) is 5.23. The second kappa shape index (κ2) is 8.74. The van der Waals surface area contributed by atoms with Gasteiger partial charge in [-0.3, -0.25) is 4.79 Å². The van der Waals surface area contributed by atoms with Crippen molar-refractivity contribution in [1.82, 2.24) is 10.3 Å². The Morgan fingerprint density at radius 2 is 2.12 bits per heavy atom. The number of nitrogens with two attached hydrogens (primary N) is 1. The highest BCUT2D eigenvalue weighted by Gasteiger charge is 2.41. The van der Waals surface area contributed by atoms with Crippen LogP contribution in [0.4, 0.5) is 0 Å². The van der Waals surface area contributed by atoms with Crippen LogP contribution in [0.5, 0.6) is 0 Å². The van der Waals surface area contributed by atoms with Crippen LogP contribution < -0.4 is 11.1 Å². The molecule has 136 valence electrons. The maximum atomic E-state index is 12.1. The Labute approximate surface area is 158 Å². The second-order valence-corrected chi connectivity index (χ2v) is 7.43. The first-order valence-corrected chi connectivity index (χ1v) is 9.35. The number of carbonyl (C=O) groups is 1. The van der Waals surface area contributed by atoms with Crippen LogP contribution in [0.25, 0.3) is 11.5 Å². The lowest BCUT2D eigenvalue weighted by molar-refractivity contribution is -0.120. The van der Waals surface area contributed by atoms with Gasteiger partial charge in [-0.05, 0) is 37.8 Å². The summed E-state index contributed by atoms with van der Waals surface area (Å²) in [6.45, 7) is 2.52. The fraction of sp³-hybridized carbons (Fsp3) is 0.444. The summed E-state index contributed by atoms with van der Waals surface area (Å²) in [4.78, 5) is 16.6. The Hall–Kier alpha value is -1.50.